The Morgan fingerprint density at radius 1 is 1.05 bits per heavy atom. The van der Waals surface area contributed by atoms with Crippen LogP contribution in [0.4, 0.5) is 0 Å². The summed E-state index contributed by atoms with van der Waals surface area (Å²) >= 11 is 5.73. The maximum atomic E-state index is 12.1. The van der Waals surface area contributed by atoms with Crippen LogP contribution in [0.3, 0.4) is 0 Å². The van der Waals surface area contributed by atoms with Crippen molar-refractivity contribution < 1.29 is 13.2 Å². The van der Waals surface area contributed by atoms with E-state index >= 15 is 0 Å². The molecule has 0 spiro atoms. The van der Waals surface area contributed by atoms with Crippen molar-refractivity contribution in [1.82, 2.24) is 5.32 Å². The van der Waals surface area contributed by atoms with E-state index in [2.05, 4.69) is 5.32 Å². The maximum absolute atomic E-state index is 12.1. The lowest BCUT2D eigenvalue weighted by atomic mass is 10.2. The summed E-state index contributed by atoms with van der Waals surface area (Å²) in [5.41, 5.74) is 1.33. The van der Waals surface area contributed by atoms with Crippen molar-refractivity contribution in [2.24, 2.45) is 0 Å². The third-order valence-corrected chi connectivity index (χ3v) is 4.68. The molecule has 2 aromatic carbocycles. The van der Waals surface area contributed by atoms with E-state index in [1.165, 1.54) is 24.3 Å². The zero-order chi connectivity index (χ0) is 15.5. The van der Waals surface area contributed by atoms with E-state index in [1.807, 2.05) is 6.92 Å². The van der Waals surface area contributed by atoms with Gasteiger partial charge in [-0.2, -0.15) is 0 Å². The number of aryl methyl sites for hydroxylation is 1. The van der Waals surface area contributed by atoms with Gasteiger partial charge in [0.2, 0.25) is 0 Å². The largest absolute Gasteiger partial charge is 0.338 e. The number of amides is 1. The summed E-state index contributed by atoms with van der Waals surface area (Å²) in [5, 5.41) is 2.91. The Morgan fingerprint density at radius 2 is 1.62 bits per heavy atom. The fourth-order valence-corrected chi connectivity index (χ4v) is 2.86. The van der Waals surface area contributed by atoms with Crippen molar-refractivity contribution in [2.75, 3.05) is 5.88 Å². The molecule has 0 atom stereocenters. The molecule has 0 bridgehead atoms. The predicted octanol–water partition coefficient (Wildman–Crippen LogP) is 2.81. The van der Waals surface area contributed by atoms with Gasteiger partial charge in [-0.1, -0.05) is 29.3 Å². The fourth-order valence-electron chi connectivity index (χ4n) is 1.69. The number of nitrogens with one attached hydrogen (secondary N) is 1. The van der Waals surface area contributed by atoms with Crippen molar-refractivity contribution in [3.63, 3.8) is 0 Å². The van der Waals surface area contributed by atoms with Gasteiger partial charge in [0.25, 0.3) is 5.91 Å². The third kappa shape index (κ3) is 4.06. The molecule has 0 radical (unpaired) electrons. The number of halogens is 1. The molecule has 6 heteroatoms. The standard InChI is InChI=1S/C15H14ClNO3S/c1-11-2-8-14(9-3-11)21(19,20)10-17-15(18)12-4-6-13(16)7-5-12/h2-9H,10H2,1H3,(H,17,18). The molecule has 2 rings (SSSR count). The van der Waals surface area contributed by atoms with Gasteiger partial charge >= 0.3 is 0 Å². The van der Waals surface area contributed by atoms with Crippen molar-refractivity contribution >= 4 is 27.3 Å². The maximum Gasteiger partial charge on any atom is 0.252 e. The van der Waals surface area contributed by atoms with E-state index in [-0.39, 0.29) is 4.90 Å². The number of carbonyl (C=O) groups is 1. The minimum absolute atomic E-state index is 0.185. The normalized spacial score (nSPS) is 11.1. The lowest BCUT2D eigenvalue weighted by Crippen LogP contribution is -2.29. The first-order valence-electron chi connectivity index (χ1n) is 6.22. The second-order valence-electron chi connectivity index (χ2n) is 4.58. The van der Waals surface area contributed by atoms with Crippen LogP contribution in [0.25, 0.3) is 0 Å². The van der Waals surface area contributed by atoms with Crippen LogP contribution in [-0.4, -0.2) is 20.2 Å². The van der Waals surface area contributed by atoms with Gasteiger partial charge in [0, 0.05) is 10.6 Å². The molecule has 1 amide bonds. The molecule has 0 aromatic heterocycles. The van der Waals surface area contributed by atoms with Crippen LogP contribution in [0, 0.1) is 6.92 Å². The van der Waals surface area contributed by atoms with Crippen LogP contribution in [0.5, 0.6) is 0 Å². The lowest BCUT2D eigenvalue weighted by Gasteiger charge is -2.07. The van der Waals surface area contributed by atoms with Crippen LogP contribution >= 0.6 is 11.6 Å². The Bertz CT molecular complexity index is 737. The second kappa shape index (κ2) is 6.28. The molecule has 110 valence electrons. The lowest BCUT2D eigenvalue weighted by molar-refractivity contribution is 0.0960. The van der Waals surface area contributed by atoms with Gasteiger partial charge < -0.3 is 5.32 Å². The van der Waals surface area contributed by atoms with E-state index in [0.717, 1.165) is 5.56 Å². The monoisotopic (exact) mass is 323 g/mol. The Labute approximate surface area is 128 Å². The SMILES string of the molecule is Cc1ccc(S(=O)(=O)CNC(=O)c2ccc(Cl)cc2)cc1. The number of rotatable bonds is 4. The smallest absolute Gasteiger partial charge is 0.252 e. The molecule has 1 N–H and O–H groups in total. The highest BCUT2D eigenvalue weighted by Gasteiger charge is 2.16. The Morgan fingerprint density at radius 3 is 2.19 bits per heavy atom. The first-order chi connectivity index (χ1) is 9.88. The average molecular weight is 324 g/mol. The summed E-state index contributed by atoms with van der Waals surface area (Å²) in [6.45, 7) is 1.87. The predicted molar refractivity (Wildman–Crippen MR) is 82.2 cm³/mol. The molecule has 0 heterocycles. The van der Waals surface area contributed by atoms with Gasteiger partial charge in [-0.05, 0) is 43.3 Å². The number of carbonyl (C=O) groups excluding carboxylic acids is 1. The molecule has 0 unspecified atom stereocenters. The molecular formula is C15H14ClNO3S. The van der Waals surface area contributed by atoms with Gasteiger partial charge in [0.1, 0.15) is 5.88 Å². The highest BCUT2D eigenvalue weighted by atomic mass is 35.5. The third-order valence-electron chi connectivity index (χ3n) is 2.91. The molecule has 0 aliphatic heterocycles. The van der Waals surface area contributed by atoms with Crippen molar-refractivity contribution in [3.8, 4) is 0 Å². The summed E-state index contributed by atoms with van der Waals surface area (Å²) in [6.07, 6.45) is 0. The number of hydrogen-bond acceptors (Lipinski definition) is 3. The summed E-state index contributed by atoms with van der Waals surface area (Å²) in [7, 11) is -3.55. The Hall–Kier alpha value is -1.85. The highest BCUT2D eigenvalue weighted by Crippen LogP contribution is 2.12. The van der Waals surface area contributed by atoms with Crippen LogP contribution in [0.2, 0.25) is 5.02 Å². The summed E-state index contributed by atoms with van der Waals surface area (Å²) < 4.78 is 24.2. The van der Waals surface area contributed by atoms with Crippen molar-refractivity contribution in [3.05, 3.63) is 64.7 Å². The van der Waals surface area contributed by atoms with Gasteiger partial charge in [0.05, 0.1) is 4.90 Å². The molecule has 0 saturated carbocycles. The number of benzene rings is 2. The van der Waals surface area contributed by atoms with Gasteiger partial charge in [-0.25, -0.2) is 8.42 Å². The van der Waals surface area contributed by atoms with Crippen LogP contribution < -0.4 is 5.32 Å². The van der Waals surface area contributed by atoms with Crippen LogP contribution in [0.15, 0.2) is 53.4 Å². The first kappa shape index (κ1) is 15.5. The fraction of sp³-hybridized carbons (Fsp3) is 0.133. The zero-order valence-electron chi connectivity index (χ0n) is 11.3. The molecule has 2 aromatic rings. The Balaban J connectivity index is 2.06. The molecule has 4 nitrogen and oxygen atoms in total. The first-order valence-corrected chi connectivity index (χ1v) is 8.25. The zero-order valence-corrected chi connectivity index (χ0v) is 12.9. The van der Waals surface area contributed by atoms with E-state index in [4.69, 9.17) is 11.6 Å². The van der Waals surface area contributed by atoms with Crippen molar-refractivity contribution in [2.45, 2.75) is 11.8 Å². The highest BCUT2D eigenvalue weighted by molar-refractivity contribution is 7.91. The molecule has 0 fully saturated rings. The average Bonchev–Trinajstić information content (AvgIpc) is 2.46. The van der Waals surface area contributed by atoms with E-state index in [1.54, 1.807) is 24.3 Å². The van der Waals surface area contributed by atoms with Gasteiger partial charge in [0.15, 0.2) is 9.84 Å². The minimum atomic E-state index is -3.55. The minimum Gasteiger partial charge on any atom is -0.338 e. The van der Waals surface area contributed by atoms with Crippen molar-refractivity contribution in [1.29, 1.82) is 0 Å². The van der Waals surface area contributed by atoms with Gasteiger partial charge in [-0.3, -0.25) is 4.79 Å². The molecule has 0 saturated heterocycles. The summed E-state index contributed by atoms with van der Waals surface area (Å²) in [6, 6.07) is 12.7. The van der Waals surface area contributed by atoms with Gasteiger partial charge in [-0.15, -0.1) is 0 Å². The van der Waals surface area contributed by atoms with Crippen LogP contribution in [-0.2, 0) is 9.84 Å². The molecular weight excluding hydrogens is 310 g/mol. The molecule has 0 aliphatic carbocycles. The van der Waals surface area contributed by atoms with Crippen LogP contribution in [0.1, 0.15) is 15.9 Å². The molecule has 0 aliphatic rings. The van der Waals surface area contributed by atoms with E-state index in [0.29, 0.717) is 10.6 Å². The topological polar surface area (TPSA) is 63.2 Å². The van der Waals surface area contributed by atoms with E-state index in [9.17, 15) is 13.2 Å². The van der Waals surface area contributed by atoms with E-state index < -0.39 is 21.6 Å². The Kier molecular flexibility index (Phi) is 4.65. The summed E-state index contributed by atoms with van der Waals surface area (Å²) in [5.74, 6) is -0.903. The second-order valence-corrected chi connectivity index (χ2v) is 7.01. The number of hydrogen-bond donors (Lipinski definition) is 1. The quantitative estimate of drug-likeness (QED) is 0.941. The molecule has 21 heavy (non-hydrogen) atoms. The summed E-state index contributed by atoms with van der Waals surface area (Å²) in [4.78, 5) is 12.1. The number of sulfone groups is 1.